The number of nitrogens with zero attached hydrogens (tertiary/aromatic N) is 19. The molecular weight excluding hydrogens is 2160 g/mol. The van der Waals surface area contributed by atoms with E-state index in [2.05, 4.69) is 247 Å². The van der Waals surface area contributed by atoms with Crippen LogP contribution in [0, 0.1) is 22.7 Å². The molecule has 20 rings (SSSR count). The molecule has 150 heavy (non-hydrogen) atoms. The van der Waals surface area contributed by atoms with E-state index in [-0.39, 0.29) is 139 Å². The van der Waals surface area contributed by atoms with E-state index in [9.17, 15) is 0 Å². The van der Waals surface area contributed by atoms with Gasteiger partial charge in [0.15, 0.2) is 45.4 Å². The van der Waals surface area contributed by atoms with Crippen LogP contribution in [0.25, 0.3) is 89.1 Å². The molecule has 33 nitrogen and oxygen atoms in total. The van der Waals surface area contributed by atoms with Crippen LogP contribution < -0.4 is 106 Å². The van der Waals surface area contributed by atoms with E-state index in [0.717, 1.165) is 155 Å². The molecule has 0 unspecified atom stereocenters. The average Bonchev–Trinajstić information content (AvgIpc) is 1.65. The molecule has 40 heteroatoms. The number of imidazole rings is 3. The molecule has 12 heterocycles. The molecule has 0 amide bonds. The first-order valence-corrected chi connectivity index (χ1v) is 50.3. The summed E-state index contributed by atoms with van der Waals surface area (Å²) < 4.78 is 5.75. The van der Waals surface area contributed by atoms with Gasteiger partial charge < -0.3 is 78.5 Å². The van der Waals surface area contributed by atoms with Crippen molar-refractivity contribution in [1.29, 1.82) is 10.5 Å². The molecule has 0 saturated heterocycles. The summed E-state index contributed by atoms with van der Waals surface area (Å²) in [7, 11) is -1.34. The number of rotatable bonds is 21. The van der Waals surface area contributed by atoms with Crippen LogP contribution in [0.3, 0.4) is 0 Å². The Morgan fingerprint density at radius 1 is 0.467 bits per heavy atom. The van der Waals surface area contributed by atoms with Gasteiger partial charge in [0, 0.05) is 168 Å². The van der Waals surface area contributed by atoms with Crippen LogP contribution in [0.1, 0.15) is 147 Å². The Balaban J connectivity index is 0.000000215. The summed E-state index contributed by atoms with van der Waals surface area (Å²) in [5.74, 6) is 2.56. The summed E-state index contributed by atoms with van der Waals surface area (Å²) in [6.07, 6.45) is 24.6. The zero-order valence-electron chi connectivity index (χ0n) is 84.1. The Labute approximate surface area is 992 Å². The number of fused-ring (bicyclic) bond motifs is 3. The van der Waals surface area contributed by atoms with Gasteiger partial charge in [-0.15, -0.1) is 0 Å². The maximum atomic E-state index is 8.64. The first-order chi connectivity index (χ1) is 71.3. The molecule has 12 aromatic heterocycles. The normalized spacial score (nSPS) is 13.3. The van der Waals surface area contributed by atoms with Crippen LogP contribution in [0.4, 0.5) is 23.4 Å². The van der Waals surface area contributed by atoms with Gasteiger partial charge in [-0.05, 0) is 200 Å². The molecule has 2 saturated carbocycles. The maximum Gasteiger partial charge on any atom is 1.00 e. The second-order valence-electron chi connectivity index (χ2n) is 34.2. The van der Waals surface area contributed by atoms with Crippen LogP contribution in [-0.2, 0) is 35.9 Å². The molecule has 1 radical (unpaired) electrons. The summed E-state index contributed by atoms with van der Waals surface area (Å²) in [6.45, 7) is 14.6. The first-order valence-electron chi connectivity index (χ1n) is 47.5. The van der Waals surface area contributed by atoms with Crippen molar-refractivity contribution in [2.45, 2.75) is 167 Å². The van der Waals surface area contributed by atoms with Gasteiger partial charge in [-0.3, -0.25) is 24.7 Å². The number of benzene rings is 6. The van der Waals surface area contributed by atoms with Crippen molar-refractivity contribution >= 4 is 189 Å². The number of nitriles is 2. The minimum atomic E-state index is -1.34. The largest absolute Gasteiger partial charge is 1.00 e. The fourth-order valence-corrected chi connectivity index (χ4v) is 15.2. The Hall–Kier alpha value is -11.6. The fourth-order valence-electron chi connectivity index (χ4n) is 14.6. The van der Waals surface area contributed by atoms with E-state index in [1.54, 1.807) is 67.5 Å². The summed E-state index contributed by atoms with van der Waals surface area (Å²) in [4.78, 5) is 79.6. The number of aromatic amines is 1. The predicted molar refractivity (Wildman–Crippen MR) is 606 cm³/mol. The number of hydrogen-bond donors (Lipinski definition) is 11. The zero-order chi connectivity index (χ0) is 105. The van der Waals surface area contributed by atoms with Gasteiger partial charge in [0.1, 0.15) is 29.0 Å². The summed E-state index contributed by atoms with van der Waals surface area (Å²) in [5, 5.41) is 56.3. The van der Waals surface area contributed by atoms with Crippen molar-refractivity contribution in [3.05, 3.63) is 360 Å². The molecule has 2 aliphatic carbocycles. The predicted octanol–water partition coefficient (Wildman–Crippen LogP) is 16.8. The van der Waals surface area contributed by atoms with Crippen LogP contribution in [-0.4, -0.2) is 192 Å². The zero-order valence-corrected chi connectivity index (χ0v) is 95.6. The molecule has 0 aliphatic heterocycles. The standard InChI is InChI=1S/C26H32N8.C20H19ClN6.C17H13ClN6.C12H12N2.C12H8N2.C6H7BO2.C6H3BrN2.C6H14N2.C3H7I.CH2O3.CH4.2K/c1-17(2)34-16-30-23-24(32-26(33-25(23)34)31-21-12-9-20(27)10-13-21)29-15-22-11-8-19(14-28-22)18-6-4-3-5-7-18;1-13(2)27-12-24-17-18(25-20(21)26-19(17)27)23-11-16-9-8-15(10-22-16)14-6-4-3-5-7-14;18-17-23-15(14-16(24-17)22-10-21-14)20-9-13-7-6-12(8-19-13)11-4-2-1-3-5-11;2*13-8-12-7-6-11(9-14-12)10-4-2-1-3-5-10;8-7(9)6-4-2-1-3-5-6;7-5-1-2-6(3-8)9-4-5;7-5-1-2-6(8)4-3-5;1-3(2)4;2-1-4-3;;;/h3-8,11,14,16-17,20-21H,9-10,12-13,15,27H2,1-2H3,(H2,29,31,32,33);3-10,12-13H,11H2,1-2H3,(H,23,25,26);1-8,10H,9H2,(H2,20,21,22,23,24);1-7,9H,8,13H2;1-7,9H;1-5,8-9H;1-2,4H;5-6H,1-4,7-8H2;3H,1-2H3;1,3H;1H4;;/q;;;;;;;;;;;;+1/p-1. The topological polar surface area (TPSA) is 509 Å². The number of carbonyl (C=O) groups excluding carboxylic acids is 1. The first kappa shape index (κ1) is 124. The molecule has 15 N–H and O–H groups in total. The number of aromatic nitrogens is 18. The van der Waals surface area contributed by atoms with Crippen molar-refractivity contribution in [2.75, 3.05) is 21.3 Å². The fraction of sp³-hybridized carbons (Fsp3) is 0.236. The van der Waals surface area contributed by atoms with Gasteiger partial charge in [0.05, 0.1) is 61.4 Å². The Kier molecular flexibility index (Phi) is 55.1. The van der Waals surface area contributed by atoms with Crippen molar-refractivity contribution in [2.24, 2.45) is 22.9 Å². The van der Waals surface area contributed by atoms with E-state index < -0.39 is 7.12 Å². The van der Waals surface area contributed by atoms with E-state index in [4.69, 9.17) is 86.7 Å². The van der Waals surface area contributed by atoms with E-state index >= 15 is 0 Å². The second-order valence-corrected chi connectivity index (χ2v) is 38.3. The van der Waals surface area contributed by atoms with Gasteiger partial charge in [-0.2, -0.15) is 40.4 Å². The number of pyridine rings is 6. The van der Waals surface area contributed by atoms with Crippen molar-refractivity contribution in [1.82, 2.24) is 88.9 Å². The van der Waals surface area contributed by atoms with E-state index in [1.807, 2.05) is 193 Å². The molecule has 2 aliphatic rings. The monoisotopic (exact) mass is 2280 g/mol. The number of halogens is 4. The number of nitrogens with two attached hydrogens (primary N) is 4. The Morgan fingerprint density at radius 2 is 0.800 bits per heavy atom. The van der Waals surface area contributed by atoms with Crippen LogP contribution in [0.5, 0.6) is 0 Å². The number of hydrogen-bond acceptors (Lipinski definition) is 30. The molecule has 18 aromatic rings. The minimum Gasteiger partial charge on any atom is -0.662 e. The molecule has 2 fully saturated rings. The van der Waals surface area contributed by atoms with E-state index in [1.165, 1.54) is 5.56 Å². The molecule has 763 valence electrons. The third-order valence-corrected chi connectivity index (χ3v) is 23.1. The molecule has 6 aromatic carbocycles. The number of H-pyrrole nitrogens is 1. The van der Waals surface area contributed by atoms with Crippen molar-refractivity contribution in [3.63, 3.8) is 0 Å². The van der Waals surface area contributed by atoms with Crippen molar-refractivity contribution < 1.29 is 76.4 Å². The van der Waals surface area contributed by atoms with Crippen LogP contribution >= 0.6 is 61.7 Å². The number of alkyl halides is 1. The van der Waals surface area contributed by atoms with Gasteiger partial charge in [0.25, 0.3) is 6.47 Å². The summed E-state index contributed by atoms with van der Waals surface area (Å²) in [5.41, 5.74) is 43.4. The van der Waals surface area contributed by atoms with Gasteiger partial charge in [-0.25, -0.2) is 24.9 Å². The Morgan fingerprint density at radius 3 is 1.13 bits per heavy atom. The van der Waals surface area contributed by atoms with Gasteiger partial charge >= 0.3 is 58.5 Å². The Bertz CT molecular complexity index is 7020. The molecule has 0 spiro atoms. The molecular formula is C110H120BBrCl2IK2N28O5. The van der Waals surface area contributed by atoms with Crippen molar-refractivity contribution in [3.8, 4) is 67.8 Å². The minimum absolute atomic E-state index is 0. The number of anilines is 4. The smallest absolute Gasteiger partial charge is 0.662 e. The molecule has 0 atom stereocenters. The van der Waals surface area contributed by atoms with Crippen LogP contribution in [0.15, 0.2) is 315 Å². The number of carbonyl (C=O) groups is 1. The third kappa shape index (κ3) is 41.2. The van der Waals surface area contributed by atoms with Gasteiger partial charge in [0.2, 0.25) is 16.5 Å². The third-order valence-electron chi connectivity index (χ3n) is 22.3. The molecule has 0 bridgehead atoms. The SMILES string of the molecule is C.CC(C)I.CC(C)n1cnc2c(NCc3ccc(-c4ccccc4)cn3)nc(Cl)nc21.CC(C)n1cnc2c(NCc3ccc(-c4ccccc4)cn3)nc(NC3CCC(N)CC3)nc21.Clc1nc(NCc2ccc(-c3ccccc3)cn2)c2[nH]cnc2n1.N#Cc1ccc(-c2ccccc2)cn1.N#Cc1ccc(Br)cn1.NC1CCC(N)CC1.NCc1ccc(-c2ccccc2)cn1.O=CO[O-].OB(O)c1ccccc1.[K+].[K]. The summed E-state index contributed by atoms with van der Waals surface area (Å²) in [6, 6.07) is 88.7. The average molecular weight is 2280 g/mol. The van der Waals surface area contributed by atoms with E-state index in [0.29, 0.717) is 102 Å². The number of nitrogens with one attached hydrogen (secondary N) is 5. The quantitative estimate of drug-likeness (QED) is 0.00605. The maximum absolute atomic E-state index is 8.64. The second kappa shape index (κ2) is 66.9. The van der Waals surface area contributed by atoms with Crippen LogP contribution in [0.2, 0.25) is 10.6 Å². The van der Waals surface area contributed by atoms with Gasteiger partial charge in [-0.1, -0.05) is 250 Å². The summed E-state index contributed by atoms with van der Waals surface area (Å²) >= 11 is 17.6.